The monoisotopic (exact) mass is 264 g/mol. The van der Waals surface area contributed by atoms with Crippen molar-refractivity contribution in [3.8, 4) is 0 Å². The topological polar surface area (TPSA) is 59.0 Å². The van der Waals surface area contributed by atoms with Gasteiger partial charge in [-0.1, -0.05) is 20.8 Å². The van der Waals surface area contributed by atoms with Crippen molar-refractivity contribution in [3.05, 3.63) is 11.9 Å². The van der Waals surface area contributed by atoms with Gasteiger partial charge < -0.3 is 10.6 Å². The van der Waals surface area contributed by atoms with Crippen molar-refractivity contribution in [1.82, 2.24) is 15.1 Å². The van der Waals surface area contributed by atoms with Gasteiger partial charge >= 0.3 is 0 Å². The van der Waals surface area contributed by atoms with Gasteiger partial charge in [0, 0.05) is 19.8 Å². The van der Waals surface area contributed by atoms with Crippen molar-refractivity contribution in [2.75, 3.05) is 18.4 Å². The van der Waals surface area contributed by atoms with E-state index in [0.717, 1.165) is 37.3 Å². The predicted octanol–water partition coefficient (Wildman–Crippen LogP) is 1.56. The first kappa shape index (κ1) is 14.1. The molecule has 5 heteroatoms. The maximum atomic E-state index is 12.7. The van der Waals surface area contributed by atoms with Crippen LogP contribution in [0.4, 0.5) is 5.69 Å². The molecule has 1 aliphatic heterocycles. The summed E-state index contributed by atoms with van der Waals surface area (Å²) in [7, 11) is 1.88. The van der Waals surface area contributed by atoms with Crippen LogP contribution in [0.3, 0.4) is 0 Å². The summed E-state index contributed by atoms with van der Waals surface area (Å²) >= 11 is 0. The lowest BCUT2D eigenvalue weighted by molar-refractivity contribution is -0.126. The Labute approximate surface area is 114 Å². The molecule has 1 unspecified atom stereocenters. The summed E-state index contributed by atoms with van der Waals surface area (Å²) in [5.74, 6) is 0.444. The number of anilines is 1. The highest BCUT2D eigenvalue weighted by Gasteiger charge is 2.44. The zero-order valence-corrected chi connectivity index (χ0v) is 12.3. The first-order valence-electron chi connectivity index (χ1n) is 7.04. The lowest BCUT2D eigenvalue weighted by atomic mass is 9.75. The van der Waals surface area contributed by atoms with Gasteiger partial charge in [0.2, 0.25) is 5.91 Å². The minimum Gasteiger partial charge on any atom is -0.323 e. The van der Waals surface area contributed by atoms with Gasteiger partial charge in [-0.2, -0.15) is 5.10 Å². The summed E-state index contributed by atoms with van der Waals surface area (Å²) in [5.41, 5.74) is 1.50. The van der Waals surface area contributed by atoms with Gasteiger partial charge in [-0.15, -0.1) is 0 Å². The lowest BCUT2D eigenvalue weighted by Crippen LogP contribution is -2.42. The van der Waals surface area contributed by atoms with E-state index in [0.29, 0.717) is 5.92 Å². The highest BCUT2D eigenvalue weighted by Crippen LogP contribution is 2.35. The Kier molecular flexibility index (Phi) is 3.94. The van der Waals surface area contributed by atoms with E-state index >= 15 is 0 Å². The van der Waals surface area contributed by atoms with Crippen LogP contribution in [0.15, 0.2) is 6.20 Å². The third-order valence-electron chi connectivity index (χ3n) is 4.23. The normalized spacial score (nSPS) is 23.0. The number of carbonyl (C=O) groups excluding carboxylic acids is 1. The molecule has 1 aromatic rings. The van der Waals surface area contributed by atoms with E-state index in [9.17, 15) is 4.79 Å². The van der Waals surface area contributed by atoms with Gasteiger partial charge in [0.1, 0.15) is 0 Å². The molecule has 1 atom stereocenters. The Balaban J connectivity index is 2.20. The molecule has 1 amide bonds. The number of nitrogens with one attached hydrogen (secondary N) is 2. The van der Waals surface area contributed by atoms with Crippen molar-refractivity contribution < 1.29 is 4.79 Å². The molecule has 0 bridgehead atoms. The van der Waals surface area contributed by atoms with E-state index < -0.39 is 0 Å². The smallest absolute Gasteiger partial charge is 0.232 e. The Morgan fingerprint density at radius 1 is 1.63 bits per heavy atom. The third-order valence-corrected chi connectivity index (χ3v) is 4.23. The summed E-state index contributed by atoms with van der Waals surface area (Å²) in [6.07, 6.45) is 3.61. The molecule has 5 nitrogen and oxygen atoms in total. The van der Waals surface area contributed by atoms with Gasteiger partial charge in [0.15, 0.2) is 0 Å². The molecule has 0 spiro atoms. The molecule has 1 fully saturated rings. The fraction of sp³-hybridized carbons (Fsp3) is 0.714. The van der Waals surface area contributed by atoms with Gasteiger partial charge in [-0.05, 0) is 25.3 Å². The van der Waals surface area contributed by atoms with Gasteiger partial charge in [-0.25, -0.2) is 0 Å². The number of aryl methyl sites for hydroxylation is 2. The first-order chi connectivity index (χ1) is 8.99. The van der Waals surface area contributed by atoms with Crippen molar-refractivity contribution in [2.45, 2.75) is 33.6 Å². The lowest BCUT2D eigenvalue weighted by Gasteiger charge is -2.30. The quantitative estimate of drug-likeness (QED) is 0.867. The average Bonchev–Trinajstić information content (AvgIpc) is 2.96. The van der Waals surface area contributed by atoms with Crippen LogP contribution in [0.25, 0.3) is 0 Å². The van der Waals surface area contributed by atoms with E-state index in [1.165, 1.54) is 0 Å². The molecular formula is C14H24N4O. The number of aromatic nitrogens is 2. The van der Waals surface area contributed by atoms with Crippen LogP contribution >= 0.6 is 0 Å². The molecule has 2 rings (SSSR count). The standard InChI is InChI=1S/C14H24N4O/c1-5-11-12(8-18(4)17-11)16-13(19)14(10(2)3)6-7-15-9-14/h8,10,15H,5-7,9H2,1-4H3,(H,16,19). The van der Waals surface area contributed by atoms with E-state index in [1.807, 2.05) is 20.2 Å². The number of amides is 1. The largest absolute Gasteiger partial charge is 0.323 e. The molecule has 1 saturated heterocycles. The Hall–Kier alpha value is -1.36. The molecule has 2 heterocycles. The molecular weight excluding hydrogens is 240 g/mol. The molecule has 0 aliphatic carbocycles. The summed E-state index contributed by atoms with van der Waals surface area (Å²) in [6, 6.07) is 0. The second kappa shape index (κ2) is 5.33. The molecule has 1 aliphatic rings. The fourth-order valence-electron chi connectivity index (χ4n) is 2.81. The summed E-state index contributed by atoms with van der Waals surface area (Å²) < 4.78 is 1.75. The van der Waals surface area contributed by atoms with Crippen LogP contribution in [0, 0.1) is 11.3 Å². The minimum atomic E-state index is -0.291. The summed E-state index contributed by atoms with van der Waals surface area (Å²) in [6.45, 7) is 7.97. The van der Waals surface area contributed by atoms with E-state index in [4.69, 9.17) is 0 Å². The van der Waals surface area contributed by atoms with Gasteiger partial charge in [0.25, 0.3) is 0 Å². The van der Waals surface area contributed by atoms with Crippen LogP contribution in [-0.4, -0.2) is 28.8 Å². The second-order valence-electron chi connectivity index (χ2n) is 5.71. The zero-order valence-electron chi connectivity index (χ0n) is 12.3. The van der Waals surface area contributed by atoms with E-state index in [2.05, 4.69) is 29.6 Å². The molecule has 2 N–H and O–H groups in total. The average molecular weight is 264 g/mol. The number of nitrogens with zero attached hydrogens (tertiary/aromatic N) is 2. The Morgan fingerprint density at radius 2 is 2.37 bits per heavy atom. The zero-order chi connectivity index (χ0) is 14.0. The Morgan fingerprint density at radius 3 is 2.89 bits per heavy atom. The van der Waals surface area contributed by atoms with Crippen LogP contribution in [0.5, 0.6) is 0 Å². The molecule has 1 aromatic heterocycles. The van der Waals surface area contributed by atoms with Crippen LogP contribution in [0.1, 0.15) is 32.9 Å². The highest BCUT2D eigenvalue weighted by molar-refractivity contribution is 5.96. The maximum Gasteiger partial charge on any atom is 0.232 e. The number of hydrogen-bond donors (Lipinski definition) is 2. The SMILES string of the molecule is CCc1nn(C)cc1NC(=O)C1(C(C)C)CCNC1. The molecule has 0 saturated carbocycles. The van der Waals surface area contributed by atoms with Crippen molar-refractivity contribution in [1.29, 1.82) is 0 Å². The van der Waals surface area contributed by atoms with Crippen molar-refractivity contribution in [3.63, 3.8) is 0 Å². The summed E-state index contributed by atoms with van der Waals surface area (Å²) in [5, 5.41) is 10.8. The molecule has 19 heavy (non-hydrogen) atoms. The van der Waals surface area contributed by atoms with Crippen molar-refractivity contribution >= 4 is 11.6 Å². The highest BCUT2D eigenvalue weighted by atomic mass is 16.2. The van der Waals surface area contributed by atoms with E-state index in [1.54, 1.807) is 4.68 Å². The number of rotatable bonds is 4. The van der Waals surface area contributed by atoms with Crippen LogP contribution in [-0.2, 0) is 18.3 Å². The van der Waals surface area contributed by atoms with Crippen molar-refractivity contribution in [2.24, 2.45) is 18.4 Å². The first-order valence-corrected chi connectivity index (χ1v) is 7.04. The van der Waals surface area contributed by atoms with Gasteiger partial charge in [-0.3, -0.25) is 9.48 Å². The number of hydrogen-bond acceptors (Lipinski definition) is 3. The fourth-order valence-corrected chi connectivity index (χ4v) is 2.81. The predicted molar refractivity (Wildman–Crippen MR) is 76.0 cm³/mol. The maximum absolute atomic E-state index is 12.7. The van der Waals surface area contributed by atoms with Crippen LogP contribution < -0.4 is 10.6 Å². The summed E-state index contributed by atoms with van der Waals surface area (Å²) in [4.78, 5) is 12.7. The minimum absolute atomic E-state index is 0.121. The molecule has 0 aromatic carbocycles. The van der Waals surface area contributed by atoms with Gasteiger partial charge in [0.05, 0.1) is 16.8 Å². The van der Waals surface area contributed by atoms with E-state index in [-0.39, 0.29) is 11.3 Å². The second-order valence-corrected chi connectivity index (χ2v) is 5.71. The Bertz CT molecular complexity index is 458. The number of carbonyl (C=O) groups is 1. The molecule has 106 valence electrons. The third kappa shape index (κ3) is 2.52. The van der Waals surface area contributed by atoms with Crippen LogP contribution in [0.2, 0.25) is 0 Å². The molecule has 0 radical (unpaired) electrons.